The summed E-state index contributed by atoms with van der Waals surface area (Å²) in [6.45, 7) is 5.13. The quantitative estimate of drug-likeness (QED) is 0.665. The van der Waals surface area contributed by atoms with Gasteiger partial charge in [0.1, 0.15) is 11.5 Å². The first kappa shape index (κ1) is 18.5. The van der Waals surface area contributed by atoms with E-state index in [0.29, 0.717) is 5.69 Å². The smallest absolute Gasteiger partial charge is 0.276 e. The molecule has 2 aromatic carbocycles. The Hall–Kier alpha value is -2.88. The van der Waals surface area contributed by atoms with E-state index in [1.54, 1.807) is 0 Å². The number of carbonyl (C=O) groups is 1. The summed E-state index contributed by atoms with van der Waals surface area (Å²) in [4.78, 5) is 17.9. The number of carbonyl (C=O) groups excluding carboxylic acids is 1. The standard InChI is InChI=1S/C24H27N3O/c1-3-18-10-14-20(15-11-18)25-24(28)22-21-7-5-4-6-16-27(21)23(26-22)19-12-8-17(2)9-13-19/h8-15H,3-7,16H2,1-2H3,(H,25,28). The molecule has 28 heavy (non-hydrogen) atoms. The van der Waals surface area contributed by atoms with E-state index < -0.39 is 0 Å². The van der Waals surface area contributed by atoms with E-state index in [1.165, 1.54) is 17.5 Å². The zero-order valence-corrected chi connectivity index (χ0v) is 16.7. The second-order valence-electron chi connectivity index (χ2n) is 7.56. The van der Waals surface area contributed by atoms with Gasteiger partial charge >= 0.3 is 0 Å². The van der Waals surface area contributed by atoms with E-state index in [-0.39, 0.29) is 5.91 Å². The maximum atomic E-state index is 13.1. The number of fused-ring (bicyclic) bond motifs is 1. The molecule has 0 saturated carbocycles. The molecule has 4 nitrogen and oxygen atoms in total. The molecule has 4 heteroatoms. The van der Waals surface area contributed by atoms with Crippen molar-refractivity contribution in [2.75, 3.05) is 5.32 Å². The van der Waals surface area contributed by atoms with E-state index in [2.05, 4.69) is 60.1 Å². The number of hydrogen-bond acceptors (Lipinski definition) is 2. The molecule has 3 aromatic rings. The van der Waals surface area contributed by atoms with Crippen molar-refractivity contribution in [2.45, 2.75) is 52.5 Å². The van der Waals surface area contributed by atoms with Crippen LogP contribution in [0.3, 0.4) is 0 Å². The molecule has 1 amide bonds. The lowest BCUT2D eigenvalue weighted by atomic mass is 10.1. The molecule has 0 atom stereocenters. The number of hydrogen-bond donors (Lipinski definition) is 1. The minimum absolute atomic E-state index is 0.117. The minimum Gasteiger partial charge on any atom is -0.327 e. The number of nitrogens with zero attached hydrogens (tertiary/aromatic N) is 2. The lowest BCUT2D eigenvalue weighted by molar-refractivity contribution is 0.102. The normalized spacial score (nSPS) is 13.6. The van der Waals surface area contributed by atoms with E-state index >= 15 is 0 Å². The van der Waals surface area contributed by atoms with Gasteiger partial charge in [-0.05, 0) is 50.3 Å². The molecule has 0 bridgehead atoms. The highest BCUT2D eigenvalue weighted by Crippen LogP contribution is 2.28. The zero-order valence-electron chi connectivity index (χ0n) is 16.7. The Balaban J connectivity index is 1.69. The van der Waals surface area contributed by atoms with Crippen molar-refractivity contribution in [3.8, 4) is 11.4 Å². The average Bonchev–Trinajstić information content (AvgIpc) is 2.90. The summed E-state index contributed by atoms with van der Waals surface area (Å²) in [6.07, 6.45) is 5.31. The molecular weight excluding hydrogens is 346 g/mol. The Kier molecular flexibility index (Phi) is 5.29. The summed E-state index contributed by atoms with van der Waals surface area (Å²) in [5.41, 5.74) is 6.00. The van der Waals surface area contributed by atoms with Crippen LogP contribution in [-0.4, -0.2) is 15.5 Å². The predicted octanol–water partition coefficient (Wildman–Crippen LogP) is 5.40. The van der Waals surface area contributed by atoms with Gasteiger partial charge in [-0.1, -0.05) is 55.3 Å². The first-order chi connectivity index (χ1) is 13.7. The number of benzene rings is 2. The zero-order chi connectivity index (χ0) is 19.5. The van der Waals surface area contributed by atoms with Crippen molar-refractivity contribution in [1.82, 2.24) is 9.55 Å². The molecule has 0 spiro atoms. The first-order valence-corrected chi connectivity index (χ1v) is 10.2. The topological polar surface area (TPSA) is 46.9 Å². The fourth-order valence-electron chi connectivity index (χ4n) is 3.84. The summed E-state index contributed by atoms with van der Waals surface area (Å²) < 4.78 is 2.26. The van der Waals surface area contributed by atoms with E-state index in [9.17, 15) is 4.79 Å². The number of anilines is 1. The van der Waals surface area contributed by atoms with Crippen LogP contribution in [0, 0.1) is 6.92 Å². The molecule has 4 rings (SSSR count). The maximum Gasteiger partial charge on any atom is 0.276 e. The Morgan fingerprint density at radius 1 is 1.04 bits per heavy atom. The predicted molar refractivity (Wildman–Crippen MR) is 114 cm³/mol. The minimum atomic E-state index is -0.117. The number of aryl methyl sites for hydroxylation is 2. The number of amides is 1. The Morgan fingerprint density at radius 2 is 1.79 bits per heavy atom. The van der Waals surface area contributed by atoms with Crippen LogP contribution in [0.15, 0.2) is 48.5 Å². The summed E-state index contributed by atoms with van der Waals surface area (Å²) in [7, 11) is 0. The van der Waals surface area contributed by atoms with Crippen LogP contribution < -0.4 is 5.32 Å². The number of aromatic nitrogens is 2. The van der Waals surface area contributed by atoms with Crippen LogP contribution in [0.4, 0.5) is 5.69 Å². The largest absolute Gasteiger partial charge is 0.327 e. The molecule has 144 valence electrons. The van der Waals surface area contributed by atoms with E-state index in [1.807, 2.05) is 12.1 Å². The molecule has 1 aromatic heterocycles. The lowest BCUT2D eigenvalue weighted by Crippen LogP contribution is -2.15. The number of rotatable bonds is 4. The fourth-order valence-corrected chi connectivity index (χ4v) is 3.84. The highest BCUT2D eigenvalue weighted by atomic mass is 16.1. The van der Waals surface area contributed by atoms with Crippen molar-refractivity contribution >= 4 is 11.6 Å². The van der Waals surface area contributed by atoms with Gasteiger partial charge in [0, 0.05) is 17.8 Å². The van der Waals surface area contributed by atoms with Crippen molar-refractivity contribution in [3.05, 3.63) is 71.0 Å². The third kappa shape index (κ3) is 3.72. The molecule has 0 saturated heterocycles. The average molecular weight is 374 g/mol. The Bertz CT molecular complexity index is 968. The van der Waals surface area contributed by atoms with Gasteiger partial charge in [0.2, 0.25) is 0 Å². The summed E-state index contributed by atoms with van der Waals surface area (Å²) in [6, 6.07) is 16.4. The van der Waals surface area contributed by atoms with Gasteiger partial charge in [-0.25, -0.2) is 4.98 Å². The lowest BCUT2D eigenvalue weighted by Gasteiger charge is -2.09. The summed E-state index contributed by atoms with van der Waals surface area (Å²) in [5, 5.41) is 3.04. The molecule has 0 unspecified atom stereocenters. The van der Waals surface area contributed by atoms with Gasteiger partial charge < -0.3 is 9.88 Å². The molecule has 0 radical (unpaired) electrons. The van der Waals surface area contributed by atoms with Gasteiger partial charge in [0.25, 0.3) is 5.91 Å². The third-order valence-corrected chi connectivity index (χ3v) is 5.51. The highest BCUT2D eigenvalue weighted by Gasteiger charge is 2.24. The van der Waals surface area contributed by atoms with Crippen molar-refractivity contribution in [1.29, 1.82) is 0 Å². The third-order valence-electron chi connectivity index (χ3n) is 5.51. The summed E-state index contributed by atoms with van der Waals surface area (Å²) in [5.74, 6) is 0.789. The van der Waals surface area contributed by atoms with Crippen molar-refractivity contribution in [3.63, 3.8) is 0 Å². The number of imidazole rings is 1. The molecule has 0 aliphatic carbocycles. The van der Waals surface area contributed by atoms with E-state index in [4.69, 9.17) is 4.98 Å². The van der Waals surface area contributed by atoms with Crippen molar-refractivity contribution in [2.24, 2.45) is 0 Å². The SMILES string of the molecule is CCc1ccc(NC(=O)c2nc(-c3ccc(C)cc3)n3c2CCCCC3)cc1. The fraction of sp³-hybridized carbons (Fsp3) is 0.333. The summed E-state index contributed by atoms with van der Waals surface area (Å²) >= 11 is 0. The van der Waals surface area contributed by atoms with Crippen molar-refractivity contribution < 1.29 is 4.79 Å². The molecule has 0 fully saturated rings. The van der Waals surface area contributed by atoms with Gasteiger partial charge in [-0.2, -0.15) is 0 Å². The second kappa shape index (κ2) is 8.01. The highest BCUT2D eigenvalue weighted by molar-refractivity contribution is 6.04. The van der Waals surface area contributed by atoms with Gasteiger partial charge in [-0.15, -0.1) is 0 Å². The number of nitrogens with one attached hydrogen (secondary N) is 1. The van der Waals surface area contributed by atoms with Crippen LogP contribution in [0.2, 0.25) is 0 Å². The molecule has 1 aliphatic rings. The van der Waals surface area contributed by atoms with Crippen LogP contribution in [-0.2, 0) is 19.4 Å². The van der Waals surface area contributed by atoms with Crippen LogP contribution in [0.5, 0.6) is 0 Å². The Morgan fingerprint density at radius 3 is 2.50 bits per heavy atom. The van der Waals surface area contributed by atoms with Gasteiger partial charge in [0.05, 0.1) is 5.69 Å². The molecular formula is C24H27N3O. The molecule has 1 N–H and O–H groups in total. The van der Waals surface area contributed by atoms with Gasteiger partial charge in [-0.3, -0.25) is 4.79 Å². The van der Waals surface area contributed by atoms with Crippen LogP contribution >= 0.6 is 0 Å². The first-order valence-electron chi connectivity index (χ1n) is 10.2. The Labute approximate surface area is 166 Å². The molecule has 2 heterocycles. The maximum absolute atomic E-state index is 13.1. The van der Waals surface area contributed by atoms with Gasteiger partial charge in [0.15, 0.2) is 0 Å². The van der Waals surface area contributed by atoms with E-state index in [0.717, 1.165) is 55.0 Å². The second-order valence-corrected chi connectivity index (χ2v) is 7.56. The van der Waals surface area contributed by atoms with Crippen LogP contribution in [0.1, 0.15) is 53.5 Å². The molecule has 1 aliphatic heterocycles. The van der Waals surface area contributed by atoms with Crippen LogP contribution in [0.25, 0.3) is 11.4 Å². The monoisotopic (exact) mass is 373 g/mol.